The molecular weight excluding hydrogens is 454 g/mol. The number of H-pyrrole nitrogens is 2. The molecular formula is C20H18BrN5O4. The summed E-state index contributed by atoms with van der Waals surface area (Å²) in [6.45, 7) is 5.38. The summed E-state index contributed by atoms with van der Waals surface area (Å²) in [6, 6.07) is 10.6. The maximum Gasteiger partial charge on any atom is 0.412 e. The summed E-state index contributed by atoms with van der Waals surface area (Å²) in [5.74, 6) is 0.584. The van der Waals surface area contributed by atoms with Gasteiger partial charge >= 0.3 is 11.8 Å². The number of hydrogen-bond donors (Lipinski definition) is 3. The second kappa shape index (κ2) is 7.45. The third-order valence-corrected chi connectivity index (χ3v) is 4.47. The van der Waals surface area contributed by atoms with E-state index >= 15 is 0 Å². The van der Waals surface area contributed by atoms with Crippen molar-refractivity contribution in [2.45, 2.75) is 26.4 Å². The zero-order chi connectivity index (χ0) is 21.5. The molecule has 0 bridgehead atoms. The van der Waals surface area contributed by atoms with Gasteiger partial charge in [0.2, 0.25) is 5.82 Å². The van der Waals surface area contributed by atoms with Crippen molar-refractivity contribution in [3.05, 3.63) is 51.4 Å². The van der Waals surface area contributed by atoms with Gasteiger partial charge in [-0.1, -0.05) is 33.2 Å². The number of nitrogens with zero attached hydrogens (tertiary/aromatic N) is 2. The van der Waals surface area contributed by atoms with Gasteiger partial charge in [0.25, 0.3) is 5.89 Å². The van der Waals surface area contributed by atoms with Gasteiger partial charge in [0.05, 0.1) is 16.6 Å². The van der Waals surface area contributed by atoms with Crippen molar-refractivity contribution in [3.63, 3.8) is 0 Å². The molecule has 0 radical (unpaired) electrons. The Morgan fingerprint density at radius 1 is 1.20 bits per heavy atom. The third kappa shape index (κ3) is 4.28. The number of ether oxygens (including phenoxy) is 1. The number of carbonyl (C=O) groups excluding carboxylic acids is 1. The molecule has 0 spiro atoms. The second-order valence-corrected chi connectivity index (χ2v) is 8.50. The average molecular weight is 472 g/mol. The van der Waals surface area contributed by atoms with Crippen LogP contribution < -0.4 is 11.0 Å². The highest BCUT2D eigenvalue weighted by Gasteiger charge is 2.18. The van der Waals surface area contributed by atoms with Crippen molar-refractivity contribution in [1.29, 1.82) is 0 Å². The highest BCUT2D eigenvalue weighted by molar-refractivity contribution is 9.10. The predicted molar refractivity (Wildman–Crippen MR) is 115 cm³/mol. The van der Waals surface area contributed by atoms with Gasteiger partial charge in [-0.2, -0.15) is 4.98 Å². The standard InChI is InChI=1S/C20H18BrN5O4/c1-20(2,3)29-19(28)22-12-6-4-5-10(7-12)16-25-17(30-26-16)13-8-11(21)9-14-15(13)24-18(27)23-14/h4-9H,1-3H3,(H,22,28)(H2,23,24,27). The number of anilines is 1. The molecule has 1 amide bonds. The van der Waals surface area contributed by atoms with Crippen LogP contribution in [0.25, 0.3) is 33.9 Å². The summed E-state index contributed by atoms with van der Waals surface area (Å²) in [5.41, 5.74) is 2.02. The van der Waals surface area contributed by atoms with Crippen molar-refractivity contribution in [2.75, 3.05) is 5.32 Å². The quantitative estimate of drug-likeness (QED) is 0.398. The minimum absolute atomic E-state index is 0.247. The van der Waals surface area contributed by atoms with Crippen LogP contribution in [-0.4, -0.2) is 31.8 Å². The number of carbonyl (C=O) groups is 1. The number of nitrogens with one attached hydrogen (secondary N) is 3. The maximum absolute atomic E-state index is 12.0. The van der Waals surface area contributed by atoms with E-state index in [0.717, 1.165) is 4.47 Å². The minimum atomic E-state index is -0.598. The van der Waals surface area contributed by atoms with Crippen LogP contribution in [0, 0.1) is 0 Å². The van der Waals surface area contributed by atoms with Crippen molar-refractivity contribution < 1.29 is 14.1 Å². The first-order valence-corrected chi connectivity index (χ1v) is 9.83. The second-order valence-electron chi connectivity index (χ2n) is 7.59. The fraction of sp³-hybridized carbons (Fsp3) is 0.200. The molecule has 4 aromatic rings. The van der Waals surface area contributed by atoms with Gasteiger partial charge in [-0.15, -0.1) is 0 Å². The van der Waals surface area contributed by atoms with Crippen molar-refractivity contribution in [3.8, 4) is 22.8 Å². The number of aromatic amines is 2. The van der Waals surface area contributed by atoms with E-state index in [0.29, 0.717) is 33.7 Å². The molecule has 0 fully saturated rings. The predicted octanol–water partition coefficient (Wildman–Crippen LogP) is 4.68. The molecule has 10 heteroatoms. The maximum atomic E-state index is 12.0. The molecule has 0 unspecified atom stereocenters. The lowest BCUT2D eigenvalue weighted by Crippen LogP contribution is -2.27. The number of hydrogen-bond acceptors (Lipinski definition) is 6. The Morgan fingerprint density at radius 2 is 2.00 bits per heavy atom. The Labute approximate surface area is 179 Å². The van der Waals surface area contributed by atoms with Crippen LogP contribution in [0.1, 0.15) is 20.8 Å². The van der Waals surface area contributed by atoms with Crippen LogP contribution in [0.3, 0.4) is 0 Å². The molecule has 154 valence electrons. The smallest absolute Gasteiger partial charge is 0.412 e. The van der Waals surface area contributed by atoms with Crippen LogP contribution in [0.4, 0.5) is 10.5 Å². The molecule has 4 rings (SSSR count). The molecule has 0 aliphatic heterocycles. The lowest BCUT2D eigenvalue weighted by molar-refractivity contribution is 0.0636. The van der Waals surface area contributed by atoms with Crippen LogP contribution in [0.5, 0.6) is 0 Å². The minimum Gasteiger partial charge on any atom is -0.444 e. The molecule has 0 aliphatic rings. The molecule has 2 aromatic carbocycles. The van der Waals surface area contributed by atoms with Gasteiger partial charge in [-0.05, 0) is 45.0 Å². The van der Waals surface area contributed by atoms with Crippen molar-refractivity contribution in [2.24, 2.45) is 0 Å². The fourth-order valence-electron chi connectivity index (χ4n) is 2.88. The summed E-state index contributed by atoms with van der Waals surface area (Å²) in [4.78, 5) is 33.6. The zero-order valence-corrected chi connectivity index (χ0v) is 18.0. The Kier molecular flexibility index (Phi) is 4.94. The van der Waals surface area contributed by atoms with Crippen LogP contribution in [0.2, 0.25) is 0 Å². The third-order valence-electron chi connectivity index (χ3n) is 4.01. The Hall–Kier alpha value is -3.40. The number of aromatic nitrogens is 4. The van der Waals surface area contributed by atoms with Crippen LogP contribution >= 0.6 is 15.9 Å². The van der Waals surface area contributed by atoms with E-state index in [4.69, 9.17) is 9.26 Å². The topological polar surface area (TPSA) is 126 Å². The Morgan fingerprint density at radius 3 is 2.77 bits per heavy atom. The van der Waals surface area contributed by atoms with E-state index in [1.54, 1.807) is 57.2 Å². The molecule has 3 N–H and O–H groups in total. The van der Waals surface area contributed by atoms with E-state index in [-0.39, 0.29) is 11.6 Å². The van der Waals surface area contributed by atoms with Crippen molar-refractivity contribution in [1.82, 2.24) is 20.1 Å². The Balaban J connectivity index is 1.64. The normalized spacial score (nSPS) is 11.6. The summed E-state index contributed by atoms with van der Waals surface area (Å²) in [7, 11) is 0. The molecule has 0 saturated heterocycles. The summed E-state index contributed by atoms with van der Waals surface area (Å²) < 4.78 is 11.5. The van der Waals surface area contributed by atoms with Gasteiger partial charge in [0.15, 0.2) is 0 Å². The fourth-order valence-corrected chi connectivity index (χ4v) is 3.34. The number of halogens is 1. The van der Waals surface area contributed by atoms with Crippen LogP contribution in [0.15, 0.2) is 50.2 Å². The number of rotatable bonds is 3. The molecule has 0 saturated carbocycles. The number of imidazole rings is 1. The Bertz CT molecular complexity index is 1300. The van der Waals surface area contributed by atoms with E-state index in [9.17, 15) is 9.59 Å². The zero-order valence-electron chi connectivity index (χ0n) is 16.4. The summed E-state index contributed by atoms with van der Waals surface area (Å²) in [5, 5.41) is 6.72. The SMILES string of the molecule is CC(C)(C)OC(=O)Nc1cccc(-c2noc(-c3cc(Br)cc4[nH]c(=O)[nH]c34)n2)c1. The molecule has 0 aliphatic carbocycles. The molecule has 0 atom stereocenters. The highest BCUT2D eigenvalue weighted by Crippen LogP contribution is 2.30. The van der Waals surface area contributed by atoms with Crippen molar-refractivity contribution >= 4 is 38.7 Å². The van der Waals surface area contributed by atoms with Gasteiger partial charge < -0.3 is 19.2 Å². The van der Waals surface area contributed by atoms with Gasteiger partial charge in [0.1, 0.15) is 5.60 Å². The number of amides is 1. The summed E-state index contributed by atoms with van der Waals surface area (Å²) in [6.07, 6.45) is -0.554. The van der Waals surface area contributed by atoms with Gasteiger partial charge in [0, 0.05) is 15.7 Å². The van der Waals surface area contributed by atoms with Gasteiger partial charge in [-0.3, -0.25) is 5.32 Å². The molecule has 2 heterocycles. The monoisotopic (exact) mass is 471 g/mol. The highest BCUT2D eigenvalue weighted by atomic mass is 79.9. The largest absolute Gasteiger partial charge is 0.444 e. The first-order valence-electron chi connectivity index (χ1n) is 9.04. The first-order chi connectivity index (χ1) is 14.2. The van der Waals surface area contributed by atoms with E-state index in [2.05, 4.69) is 41.4 Å². The molecule has 2 aromatic heterocycles. The lowest BCUT2D eigenvalue weighted by atomic mass is 10.1. The van der Waals surface area contributed by atoms with E-state index < -0.39 is 11.7 Å². The lowest BCUT2D eigenvalue weighted by Gasteiger charge is -2.19. The van der Waals surface area contributed by atoms with Gasteiger partial charge in [-0.25, -0.2) is 9.59 Å². The average Bonchev–Trinajstić information content (AvgIpc) is 3.25. The molecule has 9 nitrogen and oxygen atoms in total. The molecule has 30 heavy (non-hydrogen) atoms. The van der Waals surface area contributed by atoms with E-state index in [1.807, 2.05) is 0 Å². The van der Waals surface area contributed by atoms with Crippen LogP contribution in [-0.2, 0) is 4.74 Å². The first kappa shape index (κ1) is 19.9. The number of fused-ring (bicyclic) bond motifs is 1. The summed E-state index contributed by atoms with van der Waals surface area (Å²) >= 11 is 3.42. The van der Waals surface area contributed by atoms with E-state index in [1.165, 1.54) is 0 Å². The number of benzene rings is 2.